The molecule has 0 unspecified atom stereocenters. The molecular formula is C19H28N4O. The predicted molar refractivity (Wildman–Crippen MR) is 97.5 cm³/mol. The van der Waals surface area contributed by atoms with Gasteiger partial charge in [-0.2, -0.15) is 5.10 Å². The van der Waals surface area contributed by atoms with E-state index in [4.69, 9.17) is 4.74 Å². The number of aromatic nitrogens is 2. The third kappa shape index (κ3) is 3.73. The summed E-state index contributed by atoms with van der Waals surface area (Å²) in [6, 6.07) is 10.8. The fourth-order valence-corrected chi connectivity index (χ4v) is 3.37. The molecule has 2 aromatic rings. The number of aryl methyl sites for hydroxylation is 1. The van der Waals surface area contributed by atoms with Crippen LogP contribution in [0, 0.1) is 18.8 Å². The molecule has 0 amide bonds. The standard InChI is InChI=1S/C19H28N4O/c1-13(2)19(16-5-7-17(24-4)8-6-16)21-11-15-10-20-18-9-14(3)22-23(18)12-15/h5-9,13,15,19-21H,10-12H2,1-4H3/t15-,19-/m0/s1. The molecule has 0 saturated heterocycles. The zero-order valence-electron chi connectivity index (χ0n) is 15.0. The minimum Gasteiger partial charge on any atom is -0.497 e. The Hall–Kier alpha value is -2.01. The zero-order chi connectivity index (χ0) is 17.1. The van der Waals surface area contributed by atoms with Crippen LogP contribution in [0.2, 0.25) is 0 Å². The van der Waals surface area contributed by atoms with Crippen molar-refractivity contribution in [2.24, 2.45) is 11.8 Å². The Labute approximate surface area is 144 Å². The van der Waals surface area contributed by atoms with Gasteiger partial charge in [0.1, 0.15) is 11.6 Å². The van der Waals surface area contributed by atoms with Gasteiger partial charge in [-0.05, 0) is 30.5 Å². The highest BCUT2D eigenvalue weighted by Crippen LogP contribution is 2.25. The lowest BCUT2D eigenvalue weighted by atomic mass is 9.95. The van der Waals surface area contributed by atoms with Crippen molar-refractivity contribution in [1.82, 2.24) is 15.1 Å². The number of hydrogen-bond donors (Lipinski definition) is 2. The highest BCUT2D eigenvalue weighted by Gasteiger charge is 2.22. The molecule has 5 nitrogen and oxygen atoms in total. The van der Waals surface area contributed by atoms with E-state index in [1.165, 1.54) is 5.56 Å². The summed E-state index contributed by atoms with van der Waals surface area (Å²) < 4.78 is 7.35. The number of nitrogens with one attached hydrogen (secondary N) is 2. The molecule has 1 aromatic carbocycles. The lowest BCUT2D eigenvalue weighted by Crippen LogP contribution is -2.38. The Morgan fingerprint density at radius 2 is 2.08 bits per heavy atom. The van der Waals surface area contributed by atoms with Gasteiger partial charge in [0.2, 0.25) is 0 Å². The molecule has 1 aliphatic heterocycles. The monoisotopic (exact) mass is 328 g/mol. The third-order valence-corrected chi connectivity index (χ3v) is 4.67. The largest absolute Gasteiger partial charge is 0.497 e. The molecule has 5 heteroatoms. The van der Waals surface area contributed by atoms with Crippen LogP contribution in [0.1, 0.15) is 31.1 Å². The molecule has 0 spiro atoms. The summed E-state index contributed by atoms with van der Waals surface area (Å²) in [4.78, 5) is 0. The second kappa shape index (κ2) is 7.26. The Morgan fingerprint density at radius 3 is 2.75 bits per heavy atom. The number of fused-ring (bicyclic) bond motifs is 1. The summed E-state index contributed by atoms with van der Waals surface area (Å²) in [6.45, 7) is 9.49. The van der Waals surface area contributed by atoms with Gasteiger partial charge in [-0.1, -0.05) is 26.0 Å². The van der Waals surface area contributed by atoms with Gasteiger partial charge in [0.15, 0.2) is 0 Å². The molecule has 2 N–H and O–H groups in total. The minimum absolute atomic E-state index is 0.344. The van der Waals surface area contributed by atoms with E-state index in [2.05, 4.69) is 52.5 Å². The molecule has 3 rings (SSSR count). The fraction of sp³-hybridized carbons (Fsp3) is 0.526. The first-order valence-corrected chi connectivity index (χ1v) is 8.72. The molecule has 0 aliphatic carbocycles. The van der Waals surface area contributed by atoms with Crippen molar-refractivity contribution >= 4 is 5.82 Å². The van der Waals surface area contributed by atoms with Gasteiger partial charge in [-0.15, -0.1) is 0 Å². The summed E-state index contributed by atoms with van der Waals surface area (Å²) in [5.41, 5.74) is 2.38. The molecule has 2 heterocycles. The van der Waals surface area contributed by atoms with Gasteiger partial charge >= 0.3 is 0 Å². The first-order valence-electron chi connectivity index (χ1n) is 8.72. The van der Waals surface area contributed by atoms with E-state index in [0.29, 0.717) is 17.9 Å². The van der Waals surface area contributed by atoms with Crippen LogP contribution in [-0.2, 0) is 6.54 Å². The smallest absolute Gasteiger partial charge is 0.124 e. The number of ether oxygens (including phenoxy) is 1. The van der Waals surface area contributed by atoms with Crippen molar-refractivity contribution in [1.29, 1.82) is 0 Å². The van der Waals surface area contributed by atoms with E-state index < -0.39 is 0 Å². The van der Waals surface area contributed by atoms with E-state index in [0.717, 1.165) is 36.9 Å². The SMILES string of the molecule is COc1ccc([C@@H](NC[C@@H]2CNc3cc(C)nn3C2)C(C)C)cc1. The van der Waals surface area contributed by atoms with Crippen molar-refractivity contribution in [3.05, 3.63) is 41.6 Å². The van der Waals surface area contributed by atoms with Crippen molar-refractivity contribution in [3.8, 4) is 5.75 Å². The van der Waals surface area contributed by atoms with Gasteiger partial charge in [0.05, 0.1) is 12.8 Å². The number of anilines is 1. The summed E-state index contributed by atoms with van der Waals surface area (Å²) in [6.07, 6.45) is 0. The third-order valence-electron chi connectivity index (χ3n) is 4.67. The molecule has 0 bridgehead atoms. The predicted octanol–water partition coefficient (Wildman–Crippen LogP) is 3.23. The van der Waals surface area contributed by atoms with Gasteiger partial charge in [0, 0.05) is 37.7 Å². The number of hydrogen-bond acceptors (Lipinski definition) is 4. The van der Waals surface area contributed by atoms with Crippen LogP contribution in [-0.4, -0.2) is 30.0 Å². The summed E-state index contributed by atoms with van der Waals surface area (Å²) in [5, 5.41) is 11.8. The normalized spacial score (nSPS) is 18.1. The van der Waals surface area contributed by atoms with Crippen LogP contribution < -0.4 is 15.4 Å². The van der Waals surface area contributed by atoms with E-state index in [9.17, 15) is 0 Å². The highest BCUT2D eigenvalue weighted by molar-refractivity contribution is 5.38. The second-order valence-corrected chi connectivity index (χ2v) is 7.00. The van der Waals surface area contributed by atoms with Crippen molar-refractivity contribution in [2.45, 2.75) is 33.4 Å². The summed E-state index contributed by atoms with van der Waals surface area (Å²) in [5.74, 6) is 3.10. The molecule has 0 saturated carbocycles. The lowest BCUT2D eigenvalue weighted by Gasteiger charge is -2.29. The van der Waals surface area contributed by atoms with Gasteiger partial charge in [-0.25, -0.2) is 4.68 Å². The topological polar surface area (TPSA) is 51.1 Å². The van der Waals surface area contributed by atoms with Gasteiger partial charge in [-0.3, -0.25) is 0 Å². The van der Waals surface area contributed by atoms with Crippen LogP contribution in [0.5, 0.6) is 5.75 Å². The maximum atomic E-state index is 5.26. The second-order valence-electron chi connectivity index (χ2n) is 7.00. The van der Waals surface area contributed by atoms with E-state index >= 15 is 0 Å². The van der Waals surface area contributed by atoms with Gasteiger partial charge < -0.3 is 15.4 Å². The number of methoxy groups -OCH3 is 1. The summed E-state index contributed by atoms with van der Waals surface area (Å²) in [7, 11) is 1.70. The molecular weight excluding hydrogens is 300 g/mol. The molecule has 0 fully saturated rings. The van der Waals surface area contributed by atoms with Gasteiger partial charge in [0.25, 0.3) is 0 Å². The van der Waals surface area contributed by atoms with Crippen LogP contribution in [0.15, 0.2) is 30.3 Å². The van der Waals surface area contributed by atoms with Crippen LogP contribution in [0.25, 0.3) is 0 Å². The Balaban J connectivity index is 1.62. The molecule has 24 heavy (non-hydrogen) atoms. The van der Waals surface area contributed by atoms with Crippen molar-refractivity contribution in [3.63, 3.8) is 0 Å². The highest BCUT2D eigenvalue weighted by atomic mass is 16.5. The van der Waals surface area contributed by atoms with Crippen molar-refractivity contribution < 1.29 is 4.74 Å². The van der Waals surface area contributed by atoms with E-state index in [-0.39, 0.29) is 0 Å². The van der Waals surface area contributed by atoms with E-state index in [1.54, 1.807) is 7.11 Å². The lowest BCUT2D eigenvalue weighted by molar-refractivity contribution is 0.337. The Morgan fingerprint density at radius 1 is 1.33 bits per heavy atom. The quantitative estimate of drug-likeness (QED) is 0.855. The number of nitrogens with zero attached hydrogens (tertiary/aromatic N) is 2. The van der Waals surface area contributed by atoms with E-state index in [1.807, 2.05) is 19.1 Å². The Kier molecular flexibility index (Phi) is 5.09. The first-order chi connectivity index (χ1) is 11.6. The maximum absolute atomic E-state index is 5.26. The Bertz CT molecular complexity index is 663. The fourth-order valence-electron chi connectivity index (χ4n) is 3.37. The molecule has 0 radical (unpaired) electrons. The minimum atomic E-state index is 0.344. The average molecular weight is 328 g/mol. The summed E-state index contributed by atoms with van der Waals surface area (Å²) >= 11 is 0. The first kappa shape index (κ1) is 16.8. The average Bonchev–Trinajstić information content (AvgIpc) is 2.94. The van der Waals surface area contributed by atoms with Crippen LogP contribution in [0.3, 0.4) is 0 Å². The maximum Gasteiger partial charge on any atom is 0.124 e. The molecule has 1 aromatic heterocycles. The number of benzene rings is 1. The molecule has 1 aliphatic rings. The zero-order valence-corrected chi connectivity index (χ0v) is 15.0. The van der Waals surface area contributed by atoms with Crippen molar-refractivity contribution in [2.75, 3.05) is 25.5 Å². The molecule has 130 valence electrons. The molecule has 2 atom stereocenters. The number of rotatable bonds is 6. The van der Waals surface area contributed by atoms with Crippen LogP contribution >= 0.6 is 0 Å². The van der Waals surface area contributed by atoms with Crippen LogP contribution in [0.4, 0.5) is 5.82 Å².